The number of aromatic amines is 1. The summed E-state index contributed by atoms with van der Waals surface area (Å²) in [7, 11) is 0. The van der Waals surface area contributed by atoms with Gasteiger partial charge in [0.2, 0.25) is 11.6 Å². The average Bonchev–Trinajstić information content (AvgIpc) is 3.19. The van der Waals surface area contributed by atoms with Crippen LogP contribution in [-0.4, -0.2) is 27.9 Å². The highest BCUT2D eigenvalue weighted by atomic mass is 79.9. The lowest BCUT2D eigenvalue weighted by molar-refractivity contribution is 0.174. The van der Waals surface area contributed by atoms with Gasteiger partial charge in [-0.1, -0.05) is 30.3 Å². The van der Waals surface area contributed by atoms with Gasteiger partial charge in [0.25, 0.3) is 0 Å². The molecule has 2 aromatic carbocycles. The van der Waals surface area contributed by atoms with Crippen molar-refractivity contribution in [3.05, 3.63) is 57.3 Å². The lowest BCUT2D eigenvalue weighted by atomic mass is 10.2. The molecule has 4 rings (SSSR count). The van der Waals surface area contributed by atoms with Crippen LogP contribution in [0.15, 0.2) is 52.0 Å². The summed E-state index contributed by atoms with van der Waals surface area (Å²) in [5, 5.41) is 11.5. The number of hydrogen-bond donors (Lipinski definition) is 1. The third kappa shape index (κ3) is 2.74. The van der Waals surface area contributed by atoms with E-state index in [4.69, 9.17) is 21.7 Å². The topological polar surface area (TPSA) is 64.4 Å². The minimum atomic E-state index is 0.229. The molecule has 0 aliphatic carbocycles. The van der Waals surface area contributed by atoms with Crippen LogP contribution >= 0.6 is 28.1 Å². The van der Waals surface area contributed by atoms with Crippen LogP contribution in [0.3, 0.4) is 0 Å². The predicted octanol–water partition coefficient (Wildman–Crippen LogP) is 3.98. The maximum absolute atomic E-state index is 5.40. The van der Waals surface area contributed by atoms with Gasteiger partial charge in [0.05, 0.1) is 6.21 Å². The molecule has 6 nitrogen and oxygen atoms in total. The molecule has 1 aliphatic rings. The van der Waals surface area contributed by atoms with E-state index >= 15 is 0 Å². The molecule has 8 heteroatoms. The summed E-state index contributed by atoms with van der Waals surface area (Å²) in [6, 6.07) is 13.5. The van der Waals surface area contributed by atoms with Gasteiger partial charge < -0.3 is 9.47 Å². The van der Waals surface area contributed by atoms with Crippen molar-refractivity contribution in [1.82, 2.24) is 14.9 Å². The van der Waals surface area contributed by atoms with E-state index in [2.05, 4.69) is 31.2 Å². The quantitative estimate of drug-likeness (QED) is 0.531. The molecule has 24 heavy (non-hydrogen) atoms. The Morgan fingerprint density at radius 3 is 2.75 bits per heavy atom. The summed E-state index contributed by atoms with van der Waals surface area (Å²) >= 11 is 8.79. The van der Waals surface area contributed by atoms with Gasteiger partial charge in [-0.3, -0.25) is 0 Å². The summed E-state index contributed by atoms with van der Waals surface area (Å²) in [5.74, 6) is 2.05. The Hall–Kier alpha value is -2.45. The van der Waals surface area contributed by atoms with E-state index in [1.807, 2.05) is 42.5 Å². The Labute approximate surface area is 150 Å². The monoisotopic (exact) mass is 402 g/mol. The third-order valence-electron chi connectivity index (χ3n) is 3.49. The Morgan fingerprint density at radius 1 is 1.21 bits per heavy atom. The molecule has 0 fully saturated rings. The number of nitrogens with zero attached hydrogens (tertiary/aromatic N) is 3. The van der Waals surface area contributed by atoms with Crippen molar-refractivity contribution in [2.75, 3.05) is 6.79 Å². The maximum atomic E-state index is 5.40. The van der Waals surface area contributed by atoms with E-state index in [-0.39, 0.29) is 6.79 Å². The molecule has 0 bridgehead atoms. The summed E-state index contributed by atoms with van der Waals surface area (Å²) in [6.45, 7) is 0.229. The van der Waals surface area contributed by atoms with Crippen molar-refractivity contribution in [3.63, 3.8) is 0 Å². The SMILES string of the molecule is S=c1[nH]nc(-c2ccccc2)n1/N=C\c1cc2c(cc1Br)OCO2. The molecule has 0 saturated carbocycles. The lowest BCUT2D eigenvalue weighted by Crippen LogP contribution is -1.95. The summed E-state index contributed by atoms with van der Waals surface area (Å²) in [4.78, 5) is 0. The normalized spacial score (nSPS) is 12.9. The third-order valence-corrected chi connectivity index (χ3v) is 4.44. The number of fused-ring (bicyclic) bond motifs is 1. The van der Waals surface area contributed by atoms with Gasteiger partial charge in [0.15, 0.2) is 17.3 Å². The number of aromatic nitrogens is 3. The molecule has 0 amide bonds. The van der Waals surface area contributed by atoms with Crippen molar-refractivity contribution < 1.29 is 9.47 Å². The first-order chi connectivity index (χ1) is 11.7. The van der Waals surface area contributed by atoms with Crippen LogP contribution in [0.4, 0.5) is 0 Å². The molecule has 0 atom stereocenters. The van der Waals surface area contributed by atoms with Crippen LogP contribution in [0, 0.1) is 4.77 Å². The summed E-state index contributed by atoms with van der Waals surface area (Å²) in [5.41, 5.74) is 1.77. The first-order valence-corrected chi connectivity index (χ1v) is 8.29. The van der Waals surface area contributed by atoms with E-state index in [0.29, 0.717) is 22.1 Å². The molecular formula is C16H11BrN4O2S. The van der Waals surface area contributed by atoms with Crippen LogP contribution in [-0.2, 0) is 0 Å². The molecule has 1 aromatic heterocycles. The van der Waals surface area contributed by atoms with Gasteiger partial charge in [0, 0.05) is 15.6 Å². The van der Waals surface area contributed by atoms with E-state index in [0.717, 1.165) is 15.6 Å². The summed E-state index contributed by atoms with van der Waals surface area (Å²) < 4.78 is 13.6. The number of rotatable bonds is 3. The van der Waals surface area contributed by atoms with Gasteiger partial charge in [-0.05, 0) is 40.3 Å². The highest BCUT2D eigenvalue weighted by Gasteiger charge is 2.15. The second-order valence-corrected chi connectivity index (χ2v) is 6.24. The number of ether oxygens (including phenoxy) is 2. The minimum Gasteiger partial charge on any atom is -0.454 e. The Kier molecular flexibility index (Phi) is 3.91. The fourth-order valence-electron chi connectivity index (χ4n) is 2.32. The van der Waals surface area contributed by atoms with Crippen molar-refractivity contribution in [2.24, 2.45) is 5.10 Å². The number of H-pyrrole nitrogens is 1. The van der Waals surface area contributed by atoms with Gasteiger partial charge in [-0.2, -0.15) is 14.9 Å². The van der Waals surface area contributed by atoms with E-state index in [1.165, 1.54) is 0 Å². The highest BCUT2D eigenvalue weighted by molar-refractivity contribution is 9.10. The van der Waals surface area contributed by atoms with Crippen molar-refractivity contribution in [2.45, 2.75) is 0 Å². The maximum Gasteiger partial charge on any atom is 0.231 e. The van der Waals surface area contributed by atoms with Crippen molar-refractivity contribution in [3.8, 4) is 22.9 Å². The fourth-order valence-corrected chi connectivity index (χ4v) is 2.93. The molecular weight excluding hydrogens is 392 g/mol. The van der Waals surface area contributed by atoms with Gasteiger partial charge in [0.1, 0.15) is 0 Å². The highest BCUT2D eigenvalue weighted by Crippen LogP contribution is 2.36. The Morgan fingerprint density at radius 2 is 1.96 bits per heavy atom. The van der Waals surface area contributed by atoms with Crippen LogP contribution in [0.5, 0.6) is 11.5 Å². The Bertz CT molecular complexity index is 981. The Balaban J connectivity index is 1.73. The van der Waals surface area contributed by atoms with E-state index in [9.17, 15) is 0 Å². The van der Waals surface area contributed by atoms with Crippen LogP contribution in [0.2, 0.25) is 0 Å². The minimum absolute atomic E-state index is 0.229. The standard InChI is InChI=1S/C16H11BrN4O2S/c17-12-7-14-13(22-9-23-14)6-11(12)8-18-21-15(19-20-16(21)24)10-4-2-1-3-5-10/h1-8H,9H2,(H,20,24)/b18-8-. The zero-order valence-electron chi connectivity index (χ0n) is 12.3. The van der Waals surface area contributed by atoms with E-state index in [1.54, 1.807) is 10.9 Å². The molecule has 0 spiro atoms. The number of benzene rings is 2. The van der Waals surface area contributed by atoms with Crippen LogP contribution in [0.1, 0.15) is 5.56 Å². The van der Waals surface area contributed by atoms with Crippen LogP contribution in [0.25, 0.3) is 11.4 Å². The van der Waals surface area contributed by atoms with Gasteiger partial charge >= 0.3 is 0 Å². The summed E-state index contributed by atoms with van der Waals surface area (Å²) in [6.07, 6.45) is 1.70. The second kappa shape index (κ2) is 6.21. The molecule has 1 aliphatic heterocycles. The number of nitrogens with one attached hydrogen (secondary N) is 1. The first kappa shape index (κ1) is 15.1. The molecule has 1 N–H and O–H groups in total. The fraction of sp³-hybridized carbons (Fsp3) is 0.0625. The average molecular weight is 403 g/mol. The van der Waals surface area contributed by atoms with Crippen molar-refractivity contribution >= 4 is 34.4 Å². The molecule has 2 heterocycles. The van der Waals surface area contributed by atoms with Gasteiger partial charge in [-0.15, -0.1) is 0 Å². The second-order valence-electron chi connectivity index (χ2n) is 5.00. The largest absolute Gasteiger partial charge is 0.454 e. The zero-order chi connectivity index (χ0) is 16.5. The zero-order valence-corrected chi connectivity index (χ0v) is 14.7. The molecule has 120 valence electrons. The lowest BCUT2D eigenvalue weighted by Gasteiger charge is -2.03. The molecule has 0 unspecified atom stereocenters. The number of hydrogen-bond acceptors (Lipinski definition) is 5. The van der Waals surface area contributed by atoms with Gasteiger partial charge in [-0.25, -0.2) is 5.10 Å². The van der Waals surface area contributed by atoms with E-state index < -0.39 is 0 Å². The first-order valence-electron chi connectivity index (χ1n) is 7.09. The van der Waals surface area contributed by atoms with Crippen molar-refractivity contribution in [1.29, 1.82) is 0 Å². The van der Waals surface area contributed by atoms with Crippen LogP contribution < -0.4 is 9.47 Å². The molecule has 0 saturated heterocycles. The number of halogens is 1. The predicted molar refractivity (Wildman–Crippen MR) is 96.1 cm³/mol. The molecule has 0 radical (unpaired) electrons. The molecule has 3 aromatic rings. The smallest absolute Gasteiger partial charge is 0.231 e.